The maximum Gasteiger partial charge on any atom is 0.295 e. The number of ketones is 1. The zero-order valence-electron chi connectivity index (χ0n) is 17.4. The summed E-state index contributed by atoms with van der Waals surface area (Å²) in [6.07, 6.45) is 0. The summed E-state index contributed by atoms with van der Waals surface area (Å²) in [5, 5.41) is 17.5. The first-order valence-electron chi connectivity index (χ1n) is 10.0. The minimum Gasteiger partial charge on any atom is -0.507 e. The molecule has 2 saturated heterocycles. The highest BCUT2D eigenvalue weighted by atomic mass is 32.1. The third-order valence-electron chi connectivity index (χ3n) is 5.86. The van der Waals surface area contributed by atoms with Crippen LogP contribution in [0.4, 0.5) is 0 Å². The van der Waals surface area contributed by atoms with Crippen molar-refractivity contribution in [1.29, 1.82) is 0 Å². The fourth-order valence-electron chi connectivity index (χ4n) is 4.18. The molecule has 4 rings (SSSR count). The molecule has 2 fully saturated rings. The summed E-state index contributed by atoms with van der Waals surface area (Å²) in [6.45, 7) is 7.65. The van der Waals surface area contributed by atoms with Crippen LogP contribution in [-0.2, 0) is 21.4 Å². The smallest absolute Gasteiger partial charge is 0.295 e. The molecule has 0 aliphatic carbocycles. The van der Waals surface area contributed by atoms with Crippen LogP contribution in [0, 0.1) is 13.8 Å². The molecule has 9 heteroatoms. The minimum absolute atomic E-state index is 0.142. The molecule has 2 aliphatic rings. The maximum absolute atomic E-state index is 13.1. The van der Waals surface area contributed by atoms with Crippen LogP contribution in [-0.4, -0.2) is 75.8 Å². The van der Waals surface area contributed by atoms with E-state index in [-0.39, 0.29) is 11.3 Å². The summed E-state index contributed by atoms with van der Waals surface area (Å²) in [7, 11) is 1.79. The van der Waals surface area contributed by atoms with Crippen molar-refractivity contribution >= 4 is 28.8 Å². The topological polar surface area (TPSA) is 87.9 Å². The highest BCUT2D eigenvalue weighted by Gasteiger charge is 2.47. The highest BCUT2D eigenvalue weighted by molar-refractivity contribution is 7.10. The lowest BCUT2D eigenvalue weighted by atomic mass is 9.99. The fourth-order valence-corrected chi connectivity index (χ4v) is 5.02. The van der Waals surface area contributed by atoms with E-state index in [9.17, 15) is 14.7 Å². The average molecular weight is 431 g/mol. The SMILES string of the molecule is Cc1nn(C)c(C)c1C(O)=C1C(=O)C(=O)N(CCN2CCOCC2)[C@@H]1c1cccs1. The Morgan fingerprint density at radius 3 is 2.60 bits per heavy atom. The molecule has 0 unspecified atom stereocenters. The number of hydrogen-bond donors (Lipinski definition) is 1. The summed E-state index contributed by atoms with van der Waals surface area (Å²) < 4.78 is 7.05. The highest BCUT2D eigenvalue weighted by Crippen LogP contribution is 2.41. The van der Waals surface area contributed by atoms with Crippen LogP contribution >= 0.6 is 11.3 Å². The van der Waals surface area contributed by atoms with E-state index in [2.05, 4.69) is 10.00 Å². The Morgan fingerprint density at radius 1 is 1.27 bits per heavy atom. The Kier molecular flexibility index (Phi) is 5.77. The first-order chi connectivity index (χ1) is 14.4. The average Bonchev–Trinajstić information content (AvgIpc) is 3.41. The van der Waals surface area contributed by atoms with Crippen LogP contribution in [0.15, 0.2) is 23.1 Å². The third-order valence-corrected chi connectivity index (χ3v) is 6.78. The number of likely N-dealkylation sites (tertiary alicyclic amines) is 1. The van der Waals surface area contributed by atoms with Crippen molar-refractivity contribution in [2.75, 3.05) is 39.4 Å². The molecule has 160 valence electrons. The van der Waals surface area contributed by atoms with E-state index in [1.807, 2.05) is 24.4 Å². The second kappa shape index (κ2) is 8.33. The van der Waals surface area contributed by atoms with E-state index in [0.29, 0.717) is 37.6 Å². The Morgan fingerprint density at radius 2 is 2.00 bits per heavy atom. The molecule has 2 aliphatic heterocycles. The molecule has 0 saturated carbocycles. The van der Waals surface area contributed by atoms with Gasteiger partial charge in [0.1, 0.15) is 5.76 Å². The molecule has 0 spiro atoms. The Labute approximate surface area is 179 Å². The van der Waals surface area contributed by atoms with Crippen molar-refractivity contribution in [1.82, 2.24) is 19.6 Å². The van der Waals surface area contributed by atoms with E-state index in [4.69, 9.17) is 4.74 Å². The van der Waals surface area contributed by atoms with Crippen molar-refractivity contribution < 1.29 is 19.4 Å². The molecule has 2 aromatic heterocycles. The van der Waals surface area contributed by atoms with Gasteiger partial charge in [-0.3, -0.25) is 19.2 Å². The van der Waals surface area contributed by atoms with Crippen molar-refractivity contribution in [3.63, 3.8) is 0 Å². The lowest BCUT2D eigenvalue weighted by Crippen LogP contribution is -2.42. The number of rotatable bonds is 5. The molecule has 0 bridgehead atoms. The first-order valence-corrected chi connectivity index (χ1v) is 10.9. The van der Waals surface area contributed by atoms with Crippen molar-refractivity contribution in [2.24, 2.45) is 7.05 Å². The van der Waals surface area contributed by atoms with Crippen LogP contribution in [0.3, 0.4) is 0 Å². The van der Waals surface area contributed by atoms with Gasteiger partial charge in [0, 0.05) is 43.8 Å². The number of aryl methyl sites for hydroxylation is 2. The summed E-state index contributed by atoms with van der Waals surface area (Å²) in [5.41, 5.74) is 2.03. The van der Waals surface area contributed by atoms with Gasteiger partial charge in [-0.05, 0) is 25.3 Å². The van der Waals surface area contributed by atoms with Gasteiger partial charge in [-0.15, -0.1) is 11.3 Å². The third kappa shape index (κ3) is 3.57. The molecular weight excluding hydrogens is 404 g/mol. The number of aromatic nitrogens is 2. The van der Waals surface area contributed by atoms with Gasteiger partial charge in [-0.2, -0.15) is 5.10 Å². The predicted octanol–water partition coefficient (Wildman–Crippen LogP) is 1.85. The Bertz CT molecular complexity index is 989. The number of amides is 1. The molecule has 1 amide bonds. The van der Waals surface area contributed by atoms with Crippen LogP contribution in [0.1, 0.15) is 27.9 Å². The first kappa shape index (κ1) is 20.8. The molecule has 1 N–H and O–H groups in total. The number of morpholine rings is 1. The van der Waals surface area contributed by atoms with Crippen molar-refractivity contribution in [2.45, 2.75) is 19.9 Å². The van der Waals surface area contributed by atoms with E-state index in [1.165, 1.54) is 11.3 Å². The van der Waals surface area contributed by atoms with Gasteiger partial charge in [0.25, 0.3) is 11.7 Å². The van der Waals surface area contributed by atoms with Gasteiger partial charge in [-0.25, -0.2) is 0 Å². The number of nitrogens with zero attached hydrogens (tertiary/aromatic N) is 4. The summed E-state index contributed by atoms with van der Waals surface area (Å²) in [5.74, 6) is -1.36. The summed E-state index contributed by atoms with van der Waals surface area (Å²) >= 11 is 1.47. The zero-order valence-corrected chi connectivity index (χ0v) is 18.2. The summed E-state index contributed by atoms with van der Waals surface area (Å²) in [6, 6.07) is 3.20. The number of thiophene rings is 1. The molecule has 2 aromatic rings. The Hall–Kier alpha value is -2.49. The quantitative estimate of drug-likeness (QED) is 0.443. The largest absolute Gasteiger partial charge is 0.507 e. The number of aliphatic hydroxyl groups is 1. The standard InChI is InChI=1S/C21H26N4O4S/c1-13-16(14(2)23(3)22-13)19(26)17-18(15-5-4-12-30-15)25(21(28)20(17)27)7-6-24-8-10-29-11-9-24/h4-5,12,18,26H,6-11H2,1-3H3/t18-/m1/s1. The second-order valence-electron chi connectivity index (χ2n) is 7.63. The van der Waals surface area contributed by atoms with Crippen LogP contribution in [0.2, 0.25) is 0 Å². The number of hydrogen-bond acceptors (Lipinski definition) is 7. The van der Waals surface area contributed by atoms with Crippen LogP contribution < -0.4 is 0 Å². The normalized spacial score (nSPS) is 22.2. The Balaban J connectivity index is 1.74. The second-order valence-corrected chi connectivity index (χ2v) is 8.61. The number of carbonyl (C=O) groups excluding carboxylic acids is 2. The molecule has 8 nitrogen and oxygen atoms in total. The van der Waals surface area contributed by atoms with Crippen molar-refractivity contribution in [3.05, 3.63) is 44.9 Å². The monoisotopic (exact) mass is 430 g/mol. The van der Waals surface area contributed by atoms with E-state index >= 15 is 0 Å². The van der Waals surface area contributed by atoms with E-state index in [0.717, 1.165) is 23.7 Å². The minimum atomic E-state index is -0.643. The van der Waals surface area contributed by atoms with Gasteiger partial charge in [-0.1, -0.05) is 6.07 Å². The number of ether oxygens (including phenoxy) is 1. The molecular formula is C21H26N4O4S. The zero-order chi connectivity index (χ0) is 21.4. The van der Waals surface area contributed by atoms with Crippen molar-refractivity contribution in [3.8, 4) is 0 Å². The van der Waals surface area contributed by atoms with E-state index < -0.39 is 17.7 Å². The number of Topliss-reactive ketones (excluding diaryl/α,β-unsaturated/α-hetero) is 1. The lowest BCUT2D eigenvalue weighted by Gasteiger charge is -2.30. The molecule has 0 radical (unpaired) electrons. The molecule has 4 heterocycles. The van der Waals surface area contributed by atoms with Gasteiger partial charge in [0.15, 0.2) is 0 Å². The lowest BCUT2D eigenvalue weighted by molar-refractivity contribution is -0.140. The van der Waals surface area contributed by atoms with Gasteiger partial charge >= 0.3 is 0 Å². The van der Waals surface area contributed by atoms with Gasteiger partial charge in [0.05, 0.1) is 36.1 Å². The maximum atomic E-state index is 13.1. The number of carbonyl (C=O) groups is 2. The van der Waals surface area contributed by atoms with Gasteiger partial charge in [0.2, 0.25) is 0 Å². The number of aliphatic hydroxyl groups excluding tert-OH is 1. The fraction of sp³-hybridized carbons (Fsp3) is 0.476. The molecule has 30 heavy (non-hydrogen) atoms. The van der Waals surface area contributed by atoms with Crippen LogP contribution in [0.25, 0.3) is 5.76 Å². The van der Waals surface area contributed by atoms with Gasteiger partial charge < -0.3 is 14.7 Å². The van der Waals surface area contributed by atoms with Crippen LogP contribution in [0.5, 0.6) is 0 Å². The van der Waals surface area contributed by atoms with E-state index in [1.54, 1.807) is 23.6 Å². The molecule has 1 atom stereocenters. The summed E-state index contributed by atoms with van der Waals surface area (Å²) in [4.78, 5) is 30.7. The predicted molar refractivity (Wildman–Crippen MR) is 113 cm³/mol. The molecule has 0 aromatic carbocycles.